The Kier molecular flexibility index (Phi) is 8.07. The number of amides is 5. The summed E-state index contributed by atoms with van der Waals surface area (Å²) in [6.07, 6.45) is -0.0510. The smallest absolute Gasteiger partial charge is 0.534 e. The second-order valence-corrected chi connectivity index (χ2v) is 9.42. The minimum atomic E-state index is -1.68. The summed E-state index contributed by atoms with van der Waals surface area (Å²) in [5, 5.41) is 44.4. The lowest BCUT2D eigenvalue weighted by Crippen LogP contribution is -2.60. The predicted molar refractivity (Wildman–Crippen MR) is 138 cm³/mol. The van der Waals surface area contributed by atoms with Gasteiger partial charge in [-0.15, -0.1) is 0 Å². The first-order valence-corrected chi connectivity index (χ1v) is 12.4. The summed E-state index contributed by atoms with van der Waals surface area (Å²) in [6.45, 7) is 1.86. The second kappa shape index (κ2) is 11.3. The average Bonchev–Trinajstić information content (AvgIpc) is 2.90. The Hall–Kier alpha value is -4.50. The molecule has 2 heterocycles. The molecular weight excluding hydrogens is 551 g/mol. The molecule has 2 aliphatic rings. The lowest BCUT2D eigenvalue weighted by molar-refractivity contribution is -0.153. The van der Waals surface area contributed by atoms with Crippen molar-refractivity contribution < 1.29 is 49.0 Å². The topological polar surface area (TPSA) is 206 Å². The number of piperazine rings is 1. The molecular formula is C24H24BClN4O10. The van der Waals surface area contributed by atoms with Crippen LogP contribution in [0, 0.1) is 0 Å². The summed E-state index contributed by atoms with van der Waals surface area (Å²) in [5.41, 5.74) is 0.0306. The molecule has 0 aliphatic carbocycles. The van der Waals surface area contributed by atoms with Crippen LogP contribution in [0.4, 0.5) is 4.79 Å². The van der Waals surface area contributed by atoms with E-state index in [2.05, 4.69) is 10.6 Å². The minimum Gasteiger partial charge on any atom is -0.534 e. The van der Waals surface area contributed by atoms with Crippen molar-refractivity contribution in [1.82, 2.24) is 20.4 Å². The van der Waals surface area contributed by atoms with Crippen molar-refractivity contribution in [2.75, 3.05) is 19.6 Å². The third-order valence-electron chi connectivity index (χ3n) is 6.55. The molecule has 6 N–H and O–H groups in total. The number of phenolic OH excluding ortho intramolecular Hbond substituents is 2. The molecule has 2 aromatic carbocycles. The van der Waals surface area contributed by atoms with Gasteiger partial charge in [-0.1, -0.05) is 23.7 Å². The van der Waals surface area contributed by atoms with E-state index in [-0.39, 0.29) is 48.0 Å². The second-order valence-electron chi connectivity index (χ2n) is 9.01. The van der Waals surface area contributed by atoms with E-state index >= 15 is 0 Å². The van der Waals surface area contributed by atoms with Gasteiger partial charge in [0.2, 0.25) is 5.91 Å². The van der Waals surface area contributed by atoms with Gasteiger partial charge in [0.05, 0.1) is 16.5 Å². The van der Waals surface area contributed by atoms with Gasteiger partial charge in [-0.3, -0.25) is 19.3 Å². The number of aromatic carboxylic acids is 1. The van der Waals surface area contributed by atoms with Gasteiger partial charge in [-0.2, -0.15) is 0 Å². The molecule has 0 aromatic heterocycles. The largest absolute Gasteiger partial charge is 0.547 e. The minimum absolute atomic E-state index is 0.0510. The van der Waals surface area contributed by atoms with Crippen LogP contribution in [0.15, 0.2) is 30.3 Å². The molecule has 4 rings (SSSR count). The van der Waals surface area contributed by atoms with E-state index in [0.29, 0.717) is 10.5 Å². The lowest BCUT2D eigenvalue weighted by atomic mass is 9.72. The van der Waals surface area contributed by atoms with Gasteiger partial charge < -0.3 is 40.5 Å². The number of nitrogens with one attached hydrogen (secondary N) is 2. The van der Waals surface area contributed by atoms with Gasteiger partial charge in [0.25, 0.3) is 0 Å². The first kappa shape index (κ1) is 28.5. The quantitative estimate of drug-likeness (QED) is 0.155. The lowest BCUT2D eigenvalue weighted by Gasteiger charge is -2.33. The van der Waals surface area contributed by atoms with Crippen LogP contribution in [0.3, 0.4) is 0 Å². The van der Waals surface area contributed by atoms with Crippen molar-refractivity contribution in [3.63, 3.8) is 0 Å². The van der Waals surface area contributed by atoms with Crippen LogP contribution >= 0.6 is 11.6 Å². The Balaban J connectivity index is 1.61. The third kappa shape index (κ3) is 5.46. The number of likely N-dealkylation sites (N-methyl/N-ethyl adjacent to an activating group) is 1. The van der Waals surface area contributed by atoms with Gasteiger partial charge >= 0.3 is 30.9 Å². The maximum atomic E-state index is 13.5. The number of para-hydroxylation sites is 1. The molecule has 0 saturated carbocycles. The molecule has 16 heteroatoms. The van der Waals surface area contributed by atoms with E-state index in [1.807, 2.05) is 0 Å². The van der Waals surface area contributed by atoms with Crippen molar-refractivity contribution in [3.05, 3.63) is 52.0 Å². The predicted octanol–water partition coefficient (Wildman–Crippen LogP) is 0.0304. The van der Waals surface area contributed by atoms with Crippen LogP contribution in [0.25, 0.3) is 0 Å². The number of phenols is 2. The molecule has 2 aromatic rings. The average molecular weight is 575 g/mol. The number of carboxylic acids is 1. The normalized spacial score (nSPS) is 17.6. The highest BCUT2D eigenvalue weighted by molar-refractivity contribution is 6.47. The summed E-state index contributed by atoms with van der Waals surface area (Å²) in [4.78, 5) is 64.8. The van der Waals surface area contributed by atoms with Crippen LogP contribution < -0.4 is 15.3 Å². The number of urea groups is 1. The summed E-state index contributed by atoms with van der Waals surface area (Å²) < 4.78 is 5.38. The van der Waals surface area contributed by atoms with Gasteiger partial charge in [0, 0.05) is 31.3 Å². The number of imide groups is 1. The van der Waals surface area contributed by atoms with Crippen molar-refractivity contribution in [2.24, 2.45) is 0 Å². The zero-order valence-corrected chi connectivity index (χ0v) is 21.7. The number of aromatic hydroxyl groups is 2. The standard InChI is InChI=1S/C24H24BClN4O10/c1-2-29-6-7-30(22(35)21(29)34)24(38)28-18(13-9-15(31)16(32)10-14(13)26)20(33)27-17-8-11-4-3-5-12(23(36)37)19(11)40-25(17)39/h3-5,9-10,17-18,31-32,39H,2,6-8H2,1H3,(H,27,33)(H,28,38)(H,36,37)/t17-,18?/m0/s1. The summed E-state index contributed by atoms with van der Waals surface area (Å²) in [7, 11) is -1.68. The van der Waals surface area contributed by atoms with Crippen molar-refractivity contribution in [1.29, 1.82) is 0 Å². The van der Waals surface area contributed by atoms with Gasteiger partial charge in [-0.05, 0) is 31.0 Å². The van der Waals surface area contributed by atoms with E-state index in [1.165, 1.54) is 17.0 Å². The SMILES string of the molecule is CCN1CCN(C(=O)NC(C(=O)N[C@H]2Cc3cccc(C(=O)O)c3OB2O)c2cc(O)c(O)cc2Cl)C(=O)C1=O. The third-order valence-corrected chi connectivity index (χ3v) is 6.88. The Morgan fingerprint density at radius 3 is 2.52 bits per heavy atom. The van der Waals surface area contributed by atoms with Crippen LogP contribution in [0.5, 0.6) is 17.2 Å². The monoisotopic (exact) mass is 574 g/mol. The Labute approximate surface area is 232 Å². The molecule has 1 fully saturated rings. The first-order valence-electron chi connectivity index (χ1n) is 12.1. The Morgan fingerprint density at radius 1 is 1.15 bits per heavy atom. The maximum Gasteiger partial charge on any atom is 0.547 e. The van der Waals surface area contributed by atoms with Crippen molar-refractivity contribution >= 4 is 48.4 Å². The summed E-state index contributed by atoms with van der Waals surface area (Å²) in [6, 6.07) is 3.42. The number of fused-ring (bicyclic) bond motifs is 1. The molecule has 14 nitrogen and oxygen atoms in total. The number of carbonyl (C=O) groups excluding carboxylic acids is 4. The molecule has 0 radical (unpaired) electrons. The molecule has 2 atom stereocenters. The number of nitrogens with zero attached hydrogens (tertiary/aromatic N) is 2. The molecule has 1 saturated heterocycles. The molecule has 0 bridgehead atoms. The molecule has 40 heavy (non-hydrogen) atoms. The number of halogens is 1. The summed E-state index contributed by atoms with van der Waals surface area (Å²) >= 11 is 6.21. The number of hydrogen-bond acceptors (Lipinski definition) is 9. The highest BCUT2D eigenvalue weighted by Gasteiger charge is 2.41. The van der Waals surface area contributed by atoms with Crippen molar-refractivity contribution in [2.45, 2.75) is 25.3 Å². The van der Waals surface area contributed by atoms with E-state index in [0.717, 1.165) is 12.1 Å². The van der Waals surface area contributed by atoms with Crippen LogP contribution in [-0.2, 0) is 20.8 Å². The number of rotatable bonds is 6. The molecule has 1 unspecified atom stereocenters. The maximum absolute atomic E-state index is 13.5. The highest BCUT2D eigenvalue weighted by Crippen LogP contribution is 2.35. The number of carbonyl (C=O) groups is 5. The first-order chi connectivity index (χ1) is 18.9. The van der Waals surface area contributed by atoms with E-state index in [1.54, 1.807) is 13.0 Å². The zero-order valence-electron chi connectivity index (χ0n) is 21.0. The number of carboxylic acid groups (broad SMARTS) is 1. The molecule has 0 spiro atoms. The fraction of sp³-hybridized carbons (Fsp3) is 0.292. The van der Waals surface area contributed by atoms with Crippen molar-refractivity contribution in [3.8, 4) is 17.2 Å². The molecule has 210 valence electrons. The van der Waals surface area contributed by atoms with Crippen LogP contribution in [-0.4, -0.2) is 92.6 Å². The zero-order chi connectivity index (χ0) is 29.3. The van der Waals surface area contributed by atoms with E-state index in [9.17, 15) is 44.3 Å². The van der Waals surface area contributed by atoms with Crippen LogP contribution in [0.1, 0.15) is 34.5 Å². The number of benzene rings is 2. The Bertz CT molecular complexity index is 1410. The molecule has 2 aliphatic heterocycles. The van der Waals surface area contributed by atoms with Gasteiger partial charge in [0.1, 0.15) is 11.8 Å². The highest BCUT2D eigenvalue weighted by atomic mass is 35.5. The van der Waals surface area contributed by atoms with E-state index in [4.69, 9.17) is 16.3 Å². The number of hydrogen-bond donors (Lipinski definition) is 6. The van der Waals surface area contributed by atoms with Gasteiger partial charge in [0.15, 0.2) is 11.5 Å². The fourth-order valence-corrected chi connectivity index (χ4v) is 4.69. The Morgan fingerprint density at radius 2 is 1.85 bits per heavy atom. The summed E-state index contributed by atoms with van der Waals surface area (Å²) in [5.74, 6) is -6.68. The fourth-order valence-electron chi connectivity index (χ4n) is 4.43. The van der Waals surface area contributed by atoms with Gasteiger partial charge in [-0.25, -0.2) is 9.59 Å². The molecule has 5 amide bonds. The van der Waals surface area contributed by atoms with E-state index < -0.39 is 60.3 Å². The van der Waals surface area contributed by atoms with Crippen LogP contribution in [0.2, 0.25) is 5.02 Å².